The third kappa shape index (κ3) is 9.70. The summed E-state index contributed by atoms with van der Waals surface area (Å²) in [7, 11) is 0. The highest BCUT2D eigenvalue weighted by atomic mass is 16.7. The average molecular weight is 637 g/mol. The molecule has 8 heteroatoms. The largest absolute Gasteiger partial charge is 0.459 e. The molecule has 5 rings (SSSR count). The van der Waals surface area contributed by atoms with Crippen LogP contribution in [0.4, 0.5) is 0 Å². The van der Waals surface area contributed by atoms with E-state index in [0.717, 1.165) is 5.56 Å². The Balaban J connectivity index is 0.000000385. The van der Waals surface area contributed by atoms with E-state index in [-0.39, 0.29) is 30.1 Å². The number of carbonyl (C=O) groups is 4. The van der Waals surface area contributed by atoms with E-state index in [1.807, 2.05) is 64.1 Å². The third-order valence-corrected chi connectivity index (χ3v) is 7.97. The summed E-state index contributed by atoms with van der Waals surface area (Å²) in [6.07, 6.45) is -2.62. The molecule has 2 unspecified atom stereocenters. The number of benzene rings is 4. The van der Waals surface area contributed by atoms with Crippen molar-refractivity contribution >= 4 is 23.7 Å². The van der Waals surface area contributed by atoms with E-state index >= 15 is 0 Å². The summed E-state index contributed by atoms with van der Waals surface area (Å²) in [6.45, 7) is 7.60. The van der Waals surface area contributed by atoms with Crippen molar-refractivity contribution in [3.63, 3.8) is 0 Å². The number of rotatable bonds is 9. The van der Waals surface area contributed by atoms with Gasteiger partial charge in [-0.1, -0.05) is 113 Å². The Kier molecular flexibility index (Phi) is 12.6. The monoisotopic (exact) mass is 636 g/mol. The molecule has 4 aromatic rings. The van der Waals surface area contributed by atoms with Gasteiger partial charge in [0, 0.05) is 17.4 Å². The third-order valence-electron chi connectivity index (χ3n) is 7.97. The fraction of sp³-hybridized carbons (Fsp3) is 0.282. The normalized spacial score (nSPS) is 20.2. The summed E-state index contributed by atoms with van der Waals surface area (Å²) in [6, 6.07) is 35.1. The van der Waals surface area contributed by atoms with E-state index in [0.29, 0.717) is 16.7 Å². The first-order valence-electron chi connectivity index (χ1n) is 15.6. The zero-order valence-electron chi connectivity index (χ0n) is 27.0. The van der Waals surface area contributed by atoms with Gasteiger partial charge in [-0.15, -0.1) is 0 Å². The van der Waals surface area contributed by atoms with Crippen molar-refractivity contribution in [1.82, 2.24) is 0 Å². The first kappa shape index (κ1) is 34.8. The topological polar surface area (TPSA) is 105 Å². The minimum absolute atomic E-state index is 0.0437. The van der Waals surface area contributed by atoms with Crippen LogP contribution in [0.5, 0.6) is 0 Å². The Morgan fingerprint density at radius 1 is 0.574 bits per heavy atom. The Morgan fingerprint density at radius 3 is 1.43 bits per heavy atom. The van der Waals surface area contributed by atoms with Crippen LogP contribution in [0.25, 0.3) is 0 Å². The van der Waals surface area contributed by atoms with Gasteiger partial charge in [-0.3, -0.25) is 4.79 Å². The molecule has 8 nitrogen and oxygen atoms in total. The molecule has 0 aromatic heterocycles. The maximum Gasteiger partial charge on any atom is 0.340 e. The second-order valence-electron chi connectivity index (χ2n) is 11.6. The number of Topliss-reactive ketones (excluding diaryl/α,β-unsaturated/α-hetero) is 1. The molecule has 4 aromatic carbocycles. The van der Waals surface area contributed by atoms with Crippen LogP contribution in [0.15, 0.2) is 121 Å². The van der Waals surface area contributed by atoms with Crippen LogP contribution in [-0.2, 0) is 18.9 Å². The van der Waals surface area contributed by atoms with Crippen molar-refractivity contribution in [3.05, 3.63) is 144 Å². The molecule has 0 spiro atoms. The predicted octanol–water partition coefficient (Wildman–Crippen LogP) is 7.45. The summed E-state index contributed by atoms with van der Waals surface area (Å²) >= 11 is 0. The molecule has 0 saturated carbocycles. The fourth-order valence-corrected chi connectivity index (χ4v) is 4.97. The molecule has 47 heavy (non-hydrogen) atoms. The molecule has 0 bridgehead atoms. The minimum atomic E-state index is -1.18. The number of ether oxygens (including phenoxy) is 4. The van der Waals surface area contributed by atoms with Gasteiger partial charge >= 0.3 is 17.9 Å². The molecule has 1 aliphatic rings. The highest BCUT2D eigenvalue weighted by Crippen LogP contribution is 2.34. The van der Waals surface area contributed by atoms with E-state index in [4.69, 9.17) is 18.9 Å². The van der Waals surface area contributed by atoms with Gasteiger partial charge in [0.1, 0.15) is 6.61 Å². The molecule has 0 radical (unpaired) electrons. The van der Waals surface area contributed by atoms with Gasteiger partial charge in [-0.2, -0.15) is 0 Å². The summed E-state index contributed by atoms with van der Waals surface area (Å²) in [5, 5.41) is 0. The lowest BCUT2D eigenvalue weighted by molar-refractivity contribution is -0.254. The van der Waals surface area contributed by atoms with Gasteiger partial charge < -0.3 is 18.9 Å². The van der Waals surface area contributed by atoms with Gasteiger partial charge in [0.25, 0.3) is 0 Å². The number of hydrogen-bond acceptors (Lipinski definition) is 8. The van der Waals surface area contributed by atoms with Crippen LogP contribution < -0.4 is 0 Å². The predicted molar refractivity (Wildman–Crippen MR) is 177 cm³/mol. The molecule has 1 heterocycles. The van der Waals surface area contributed by atoms with E-state index in [1.54, 1.807) is 84.9 Å². The van der Waals surface area contributed by atoms with Gasteiger partial charge in [0.15, 0.2) is 11.9 Å². The maximum absolute atomic E-state index is 12.8. The Morgan fingerprint density at radius 2 is 0.979 bits per heavy atom. The smallest absolute Gasteiger partial charge is 0.340 e. The second kappa shape index (κ2) is 17.0. The number of carbonyl (C=O) groups excluding carboxylic acids is 4. The van der Waals surface area contributed by atoms with Crippen LogP contribution >= 0.6 is 0 Å². The van der Waals surface area contributed by atoms with Crippen molar-refractivity contribution in [2.24, 2.45) is 17.8 Å². The molecular weight excluding hydrogens is 596 g/mol. The van der Waals surface area contributed by atoms with Crippen LogP contribution in [0.3, 0.4) is 0 Å². The Bertz CT molecular complexity index is 1590. The van der Waals surface area contributed by atoms with Gasteiger partial charge in [-0.25, -0.2) is 14.4 Å². The van der Waals surface area contributed by atoms with Gasteiger partial charge in [0.2, 0.25) is 6.29 Å². The van der Waals surface area contributed by atoms with Crippen LogP contribution in [0.2, 0.25) is 0 Å². The van der Waals surface area contributed by atoms with Crippen molar-refractivity contribution in [1.29, 1.82) is 0 Å². The molecule has 1 fully saturated rings. The molecule has 1 aliphatic heterocycles. The first-order valence-corrected chi connectivity index (χ1v) is 15.6. The molecule has 0 aliphatic carbocycles. The highest BCUT2D eigenvalue weighted by Gasteiger charge is 2.46. The van der Waals surface area contributed by atoms with Crippen LogP contribution in [0, 0.1) is 17.8 Å². The van der Waals surface area contributed by atoms with Gasteiger partial charge in [0.05, 0.1) is 22.8 Å². The SMILES string of the molecule is CC(C)C(=O)c1ccccc1.C[C@@H]1C(COC(=O)c2ccccc2)O[C@H](OC(=O)c2ccccc2)C(OC(=O)c2ccccc2)[C@H]1C. The summed E-state index contributed by atoms with van der Waals surface area (Å²) in [4.78, 5) is 49.5. The molecule has 0 amide bonds. The molecule has 244 valence electrons. The van der Waals surface area contributed by atoms with E-state index in [1.165, 1.54) is 0 Å². The second-order valence-corrected chi connectivity index (χ2v) is 11.6. The number of hydrogen-bond donors (Lipinski definition) is 0. The van der Waals surface area contributed by atoms with Crippen LogP contribution in [0.1, 0.15) is 69.1 Å². The molecule has 1 saturated heterocycles. The summed E-state index contributed by atoms with van der Waals surface area (Å²) in [5.74, 6) is -1.76. The van der Waals surface area contributed by atoms with Crippen molar-refractivity contribution in [2.75, 3.05) is 6.61 Å². The zero-order valence-corrected chi connectivity index (χ0v) is 27.0. The molecule has 0 N–H and O–H groups in total. The fourth-order valence-electron chi connectivity index (χ4n) is 4.97. The average Bonchev–Trinajstić information content (AvgIpc) is 3.11. The van der Waals surface area contributed by atoms with Crippen LogP contribution in [-0.4, -0.2) is 48.8 Å². The molecule has 5 atom stereocenters. The number of esters is 3. The van der Waals surface area contributed by atoms with Crippen molar-refractivity contribution < 1.29 is 38.1 Å². The standard InChI is InChI=1S/C29H28O7.C10H12O/c1-19-20(2)25(35-27(31)22-14-8-4-9-15-22)29(36-28(32)23-16-10-5-11-17-23)34-24(19)18-33-26(30)21-12-6-3-7-13-21;1-8(2)10(11)9-6-4-3-5-7-9/h3-17,19-20,24-25,29H,18H2,1-2H3;3-8H,1-2H3/t19-,20-,24?,25?,29+;/m0./s1. The highest BCUT2D eigenvalue weighted by molar-refractivity contribution is 5.97. The lowest BCUT2D eigenvalue weighted by atomic mass is 9.83. The van der Waals surface area contributed by atoms with E-state index < -0.39 is 36.4 Å². The Hall–Kier alpha value is -5.08. The summed E-state index contributed by atoms with van der Waals surface area (Å²) in [5.41, 5.74) is 1.95. The molecular formula is C39H40O8. The summed E-state index contributed by atoms with van der Waals surface area (Å²) < 4.78 is 23.1. The number of ketones is 1. The Labute approximate surface area is 275 Å². The maximum atomic E-state index is 12.8. The van der Waals surface area contributed by atoms with E-state index in [9.17, 15) is 19.2 Å². The van der Waals surface area contributed by atoms with Crippen molar-refractivity contribution in [2.45, 2.75) is 46.2 Å². The quantitative estimate of drug-likeness (QED) is 0.106. The minimum Gasteiger partial charge on any atom is -0.459 e. The lowest BCUT2D eigenvalue weighted by Gasteiger charge is -2.43. The first-order chi connectivity index (χ1) is 22.7. The zero-order chi connectivity index (χ0) is 33.8. The lowest BCUT2D eigenvalue weighted by Crippen LogP contribution is -2.54. The van der Waals surface area contributed by atoms with Gasteiger partial charge in [-0.05, 0) is 42.3 Å². The van der Waals surface area contributed by atoms with E-state index in [2.05, 4.69) is 0 Å². The van der Waals surface area contributed by atoms with Crippen molar-refractivity contribution in [3.8, 4) is 0 Å².